The van der Waals surface area contributed by atoms with Gasteiger partial charge in [-0.25, -0.2) is 0 Å². The maximum Gasteiger partial charge on any atom is 0.242 e. The molecule has 2 aromatic rings. The third-order valence-corrected chi connectivity index (χ3v) is 4.47. The third kappa shape index (κ3) is 4.13. The Kier molecular flexibility index (Phi) is 4.97. The van der Waals surface area contributed by atoms with E-state index in [1.807, 2.05) is 18.2 Å². The normalized spacial score (nSPS) is 14.3. The van der Waals surface area contributed by atoms with Gasteiger partial charge in [0, 0.05) is 18.9 Å². The van der Waals surface area contributed by atoms with Gasteiger partial charge in [0.25, 0.3) is 0 Å². The molecular weight excluding hydrogens is 314 g/mol. The van der Waals surface area contributed by atoms with Crippen LogP contribution in [0.4, 0.5) is 0 Å². The first-order chi connectivity index (χ1) is 11.2. The number of carbonyl (C=O) groups excluding carboxylic acids is 2. The average Bonchev–Trinajstić information content (AvgIpc) is 3.20. The van der Waals surface area contributed by atoms with Crippen LogP contribution in [0.2, 0.25) is 0 Å². The second-order valence-electron chi connectivity index (χ2n) is 5.26. The molecule has 0 atom stereocenters. The topological polar surface area (TPSA) is 66.7 Å². The minimum absolute atomic E-state index is 0.0164. The van der Waals surface area contributed by atoms with Crippen molar-refractivity contribution in [1.29, 1.82) is 0 Å². The van der Waals surface area contributed by atoms with Crippen LogP contribution in [0, 0.1) is 0 Å². The summed E-state index contributed by atoms with van der Waals surface area (Å²) in [5.74, 6) is 1.66. The van der Waals surface area contributed by atoms with E-state index in [0.717, 1.165) is 5.56 Å². The van der Waals surface area contributed by atoms with Gasteiger partial charge in [0.2, 0.25) is 11.8 Å². The average molecular weight is 331 g/mol. The Balaban J connectivity index is 1.70. The number of rotatable bonds is 6. The maximum absolute atomic E-state index is 12.6. The molecule has 6 nitrogen and oxygen atoms in total. The minimum Gasteiger partial charge on any atom is -0.467 e. The van der Waals surface area contributed by atoms with Crippen molar-refractivity contribution in [3.63, 3.8) is 0 Å². The summed E-state index contributed by atoms with van der Waals surface area (Å²) in [5, 5.41) is 0. The molecule has 7 heteroatoms. The van der Waals surface area contributed by atoms with Gasteiger partial charge in [-0.15, -0.1) is 11.8 Å². The molecule has 0 aromatic carbocycles. The fourth-order valence-electron chi connectivity index (χ4n) is 2.34. The molecule has 0 radical (unpaired) electrons. The Hall–Kier alpha value is -2.28. The zero-order valence-corrected chi connectivity index (χ0v) is 13.4. The molecule has 2 aromatic heterocycles. The monoisotopic (exact) mass is 331 g/mol. The molecule has 2 amide bonds. The van der Waals surface area contributed by atoms with Crippen molar-refractivity contribution in [1.82, 2.24) is 14.8 Å². The van der Waals surface area contributed by atoms with E-state index < -0.39 is 0 Å². The van der Waals surface area contributed by atoms with Crippen LogP contribution in [-0.2, 0) is 22.7 Å². The molecule has 0 saturated carbocycles. The summed E-state index contributed by atoms with van der Waals surface area (Å²) >= 11 is 1.53. The molecule has 0 aliphatic carbocycles. The molecule has 1 aliphatic rings. The lowest BCUT2D eigenvalue weighted by Crippen LogP contribution is -2.40. The fourth-order valence-corrected chi connectivity index (χ4v) is 3.24. The quantitative estimate of drug-likeness (QED) is 0.806. The number of hydrogen-bond acceptors (Lipinski definition) is 5. The van der Waals surface area contributed by atoms with E-state index in [-0.39, 0.29) is 18.4 Å². The highest BCUT2D eigenvalue weighted by Crippen LogP contribution is 2.16. The maximum atomic E-state index is 12.6. The minimum atomic E-state index is -0.0962. The molecule has 1 saturated heterocycles. The Labute approximate surface area is 138 Å². The molecule has 0 bridgehead atoms. The van der Waals surface area contributed by atoms with E-state index >= 15 is 0 Å². The fraction of sp³-hybridized carbons (Fsp3) is 0.312. The van der Waals surface area contributed by atoms with Gasteiger partial charge in [0.1, 0.15) is 12.3 Å². The van der Waals surface area contributed by atoms with Crippen LogP contribution in [0.3, 0.4) is 0 Å². The van der Waals surface area contributed by atoms with Gasteiger partial charge in [0.15, 0.2) is 0 Å². The lowest BCUT2D eigenvalue weighted by molar-refractivity contribution is -0.139. The number of furan rings is 1. The van der Waals surface area contributed by atoms with Crippen LogP contribution in [0.25, 0.3) is 0 Å². The highest BCUT2D eigenvalue weighted by molar-refractivity contribution is 8.00. The predicted molar refractivity (Wildman–Crippen MR) is 86.2 cm³/mol. The van der Waals surface area contributed by atoms with Gasteiger partial charge in [-0.05, 0) is 23.8 Å². The number of carbonyl (C=O) groups is 2. The number of pyridine rings is 1. The van der Waals surface area contributed by atoms with E-state index in [1.165, 1.54) is 11.8 Å². The number of nitrogens with zero attached hydrogens (tertiary/aromatic N) is 3. The Bertz CT molecular complexity index is 660. The molecule has 0 spiro atoms. The van der Waals surface area contributed by atoms with E-state index in [1.54, 1.807) is 34.5 Å². The number of thioether (sulfide) groups is 1. The van der Waals surface area contributed by atoms with Crippen molar-refractivity contribution < 1.29 is 14.0 Å². The SMILES string of the molecule is O=C1CSCN1CC(=O)N(Cc1cccnc1)Cc1ccco1. The van der Waals surface area contributed by atoms with Crippen LogP contribution in [0.1, 0.15) is 11.3 Å². The molecular formula is C16H17N3O3S. The second kappa shape index (κ2) is 7.32. The molecule has 0 unspecified atom stereocenters. The summed E-state index contributed by atoms with van der Waals surface area (Å²) < 4.78 is 5.35. The van der Waals surface area contributed by atoms with Crippen LogP contribution >= 0.6 is 11.8 Å². The lowest BCUT2D eigenvalue weighted by Gasteiger charge is -2.24. The highest BCUT2D eigenvalue weighted by Gasteiger charge is 2.25. The van der Waals surface area contributed by atoms with Gasteiger partial charge in [-0.2, -0.15) is 0 Å². The van der Waals surface area contributed by atoms with Crippen molar-refractivity contribution >= 4 is 23.6 Å². The van der Waals surface area contributed by atoms with Gasteiger partial charge in [-0.3, -0.25) is 14.6 Å². The van der Waals surface area contributed by atoms with Gasteiger partial charge in [-0.1, -0.05) is 6.07 Å². The van der Waals surface area contributed by atoms with Crippen molar-refractivity contribution in [2.24, 2.45) is 0 Å². The Morgan fingerprint density at radius 1 is 1.35 bits per heavy atom. The molecule has 3 rings (SSSR count). The van der Waals surface area contributed by atoms with Crippen LogP contribution in [0.15, 0.2) is 47.3 Å². The standard InChI is InChI=1S/C16H17N3O3S/c20-15(10-19-12-23-11-16(19)21)18(9-14-4-2-6-22-14)8-13-3-1-5-17-7-13/h1-7H,8-12H2. The van der Waals surface area contributed by atoms with Crippen LogP contribution in [-0.4, -0.2) is 44.8 Å². The van der Waals surface area contributed by atoms with E-state index in [4.69, 9.17) is 4.42 Å². The summed E-state index contributed by atoms with van der Waals surface area (Å²) in [4.78, 5) is 31.7. The predicted octanol–water partition coefficient (Wildman–Crippen LogP) is 1.74. The van der Waals surface area contributed by atoms with Crippen LogP contribution < -0.4 is 0 Å². The van der Waals surface area contributed by atoms with Crippen molar-refractivity contribution in [2.45, 2.75) is 13.1 Å². The summed E-state index contributed by atoms with van der Waals surface area (Å²) in [6.07, 6.45) is 5.02. The summed E-state index contributed by atoms with van der Waals surface area (Å²) in [7, 11) is 0. The van der Waals surface area contributed by atoms with Gasteiger partial charge < -0.3 is 14.2 Å². The number of hydrogen-bond donors (Lipinski definition) is 0. The molecule has 1 aliphatic heterocycles. The Morgan fingerprint density at radius 2 is 2.26 bits per heavy atom. The summed E-state index contributed by atoms with van der Waals surface area (Å²) in [6, 6.07) is 7.39. The Morgan fingerprint density at radius 3 is 2.91 bits per heavy atom. The summed E-state index contributed by atoms with van der Waals surface area (Å²) in [5.41, 5.74) is 0.939. The molecule has 3 heterocycles. The van der Waals surface area contributed by atoms with Gasteiger partial charge in [0.05, 0.1) is 24.4 Å². The third-order valence-electron chi connectivity index (χ3n) is 3.53. The van der Waals surface area contributed by atoms with Crippen LogP contribution in [0.5, 0.6) is 0 Å². The first kappa shape index (κ1) is 15.6. The van der Waals surface area contributed by atoms with E-state index in [0.29, 0.717) is 30.5 Å². The molecule has 1 fully saturated rings. The molecule has 0 N–H and O–H groups in total. The van der Waals surface area contributed by atoms with E-state index in [2.05, 4.69) is 4.98 Å². The lowest BCUT2D eigenvalue weighted by atomic mass is 10.2. The molecule has 120 valence electrons. The summed E-state index contributed by atoms with van der Waals surface area (Å²) in [6.45, 7) is 0.908. The van der Waals surface area contributed by atoms with Gasteiger partial charge >= 0.3 is 0 Å². The highest BCUT2D eigenvalue weighted by atomic mass is 32.2. The zero-order chi connectivity index (χ0) is 16.1. The first-order valence-corrected chi connectivity index (χ1v) is 8.42. The number of amides is 2. The van der Waals surface area contributed by atoms with Crippen molar-refractivity contribution in [3.8, 4) is 0 Å². The van der Waals surface area contributed by atoms with Crippen molar-refractivity contribution in [3.05, 3.63) is 54.2 Å². The largest absolute Gasteiger partial charge is 0.467 e. The number of aromatic nitrogens is 1. The first-order valence-electron chi connectivity index (χ1n) is 7.27. The smallest absolute Gasteiger partial charge is 0.242 e. The molecule has 23 heavy (non-hydrogen) atoms. The zero-order valence-electron chi connectivity index (χ0n) is 12.6. The second-order valence-corrected chi connectivity index (χ2v) is 6.21. The van der Waals surface area contributed by atoms with E-state index in [9.17, 15) is 9.59 Å². The van der Waals surface area contributed by atoms with Crippen molar-refractivity contribution in [2.75, 3.05) is 18.2 Å².